The molecule has 0 saturated carbocycles. The van der Waals surface area contributed by atoms with Crippen LogP contribution in [0.5, 0.6) is 5.88 Å². The Morgan fingerprint density at radius 2 is 1.69 bits per heavy atom. The molecule has 0 unspecified atom stereocenters. The van der Waals surface area contributed by atoms with Crippen molar-refractivity contribution in [2.24, 2.45) is 0 Å². The largest absolute Gasteiger partial charge is 0.470 e. The molecule has 3 rings (SSSR count). The second kappa shape index (κ2) is 10.6. The van der Waals surface area contributed by atoms with Crippen molar-refractivity contribution in [3.63, 3.8) is 0 Å². The number of sulfone groups is 1. The number of hydrogen-bond acceptors (Lipinski definition) is 8. The van der Waals surface area contributed by atoms with Gasteiger partial charge in [-0.3, -0.25) is 10.0 Å². The van der Waals surface area contributed by atoms with Crippen LogP contribution in [0.25, 0.3) is 11.3 Å². The van der Waals surface area contributed by atoms with Gasteiger partial charge in [0.15, 0.2) is 21.2 Å². The molecule has 9 nitrogen and oxygen atoms in total. The van der Waals surface area contributed by atoms with Gasteiger partial charge in [0.1, 0.15) is 0 Å². The molecule has 16 heteroatoms. The van der Waals surface area contributed by atoms with Crippen molar-refractivity contribution >= 4 is 28.2 Å². The Labute approximate surface area is 201 Å². The summed E-state index contributed by atoms with van der Waals surface area (Å²) in [4.78, 5) is 19.6. The molecule has 0 spiro atoms. The van der Waals surface area contributed by atoms with Crippen molar-refractivity contribution in [1.82, 2.24) is 15.4 Å². The average Bonchev–Trinajstić information content (AvgIpc) is 2.82. The Morgan fingerprint density at radius 3 is 2.17 bits per heavy atom. The fraction of sp³-hybridized carbons (Fsp3) is 0.421. The molecule has 1 saturated heterocycles. The van der Waals surface area contributed by atoms with Gasteiger partial charge in [0.25, 0.3) is 5.91 Å². The summed E-state index contributed by atoms with van der Waals surface area (Å²) in [5, 5.41) is 9.07. The zero-order valence-corrected chi connectivity index (χ0v) is 19.2. The Bertz CT molecular complexity index is 1130. The molecule has 0 bridgehead atoms. The van der Waals surface area contributed by atoms with Gasteiger partial charge in [-0.25, -0.2) is 23.9 Å². The molecule has 1 amide bonds. The predicted octanol–water partition coefficient (Wildman–Crippen LogP) is 2.97. The lowest BCUT2D eigenvalue weighted by molar-refractivity contribution is -0.290. The third-order valence-corrected chi connectivity index (χ3v) is 7.75. The number of halogens is 6. The van der Waals surface area contributed by atoms with Crippen LogP contribution >= 0.6 is 12.4 Å². The van der Waals surface area contributed by atoms with Crippen LogP contribution in [0.4, 0.5) is 22.0 Å². The van der Waals surface area contributed by atoms with Gasteiger partial charge in [0, 0.05) is 18.8 Å². The Morgan fingerprint density at radius 1 is 1.09 bits per heavy atom. The molecule has 1 aliphatic heterocycles. The summed E-state index contributed by atoms with van der Waals surface area (Å²) in [7, 11) is -4.25. The summed E-state index contributed by atoms with van der Waals surface area (Å²) in [6.07, 6.45) is -4.21. The molecule has 1 aliphatic rings. The molecule has 2 heterocycles. The van der Waals surface area contributed by atoms with E-state index in [-0.39, 0.29) is 49.1 Å². The first-order valence-electron chi connectivity index (χ1n) is 9.61. The number of amides is 1. The van der Waals surface area contributed by atoms with Crippen LogP contribution in [-0.4, -0.2) is 66.2 Å². The lowest BCUT2D eigenvalue weighted by atomic mass is 9.98. The highest BCUT2D eigenvalue weighted by Gasteiger charge is 2.58. The van der Waals surface area contributed by atoms with Gasteiger partial charge >= 0.3 is 12.1 Å². The predicted molar refractivity (Wildman–Crippen MR) is 111 cm³/mol. The first kappa shape index (κ1) is 28.6. The zero-order chi connectivity index (χ0) is 25.2. The molecule has 2 aromatic rings. The van der Waals surface area contributed by atoms with Crippen LogP contribution in [-0.2, 0) is 19.4 Å². The highest BCUT2D eigenvalue weighted by atomic mass is 35.5. The summed E-state index contributed by atoms with van der Waals surface area (Å²) in [5.41, 5.74) is 1.89. The van der Waals surface area contributed by atoms with Crippen molar-refractivity contribution in [2.45, 2.75) is 34.6 Å². The molecular formula is C19H19ClF5N3O6S. The Hall–Kier alpha value is -2.62. The van der Waals surface area contributed by atoms with E-state index in [0.29, 0.717) is 5.56 Å². The van der Waals surface area contributed by atoms with E-state index in [9.17, 15) is 35.2 Å². The molecule has 0 radical (unpaired) electrons. The third kappa shape index (κ3) is 5.63. The van der Waals surface area contributed by atoms with Crippen LogP contribution in [0.1, 0.15) is 12.8 Å². The summed E-state index contributed by atoms with van der Waals surface area (Å²) < 4.78 is 96.5. The smallest absolute Gasteiger partial charge is 0.456 e. The molecular weight excluding hydrogens is 529 g/mol. The van der Waals surface area contributed by atoms with E-state index in [2.05, 4.69) is 14.7 Å². The van der Waals surface area contributed by atoms with E-state index in [4.69, 9.17) is 9.94 Å². The van der Waals surface area contributed by atoms with E-state index in [1.807, 2.05) is 0 Å². The van der Waals surface area contributed by atoms with Gasteiger partial charge < -0.3 is 9.47 Å². The molecule has 2 N–H and O–H groups in total. The third-order valence-electron chi connectivity index (χ3n) is 5.23. The fourth-order valence-corrected chi connectivity index (χ4v) is 5.18. The Balaban J connectivity index is 0.00000432. The van der Waals surface area contributed by atoms with Crippen molar-refractivity contribution in [3.8, 4) is 17.1 Å². The number of carbonyl (C=O) groups is 1. The normalized spacial score (nSPS) is 16.2. The highest BCUT2D eigenvalue weighted by molar-refractivity contribution is 7.93. The van der Waals surface area contributed by atoms with E-state index in [1.165, 1.54) is 29.7 Å². The number of aromatic nitrogens is 2. The summed E-state index contributed by atoms with van der Waals surface area (Å²) in [6.45, 7) is -1.96. The maximum absolute atomic E-state index is 13.2. The number of carbonyl (C=O) groups excluding carboxylic acids is 1. The second-order valence-corrected chi connectivity index (χ2v) is 9.57. The van der Waals surface area contributed by atoms with Gasteiger partial charge in [-0.1, -0.05) is 12.1 Å². The molecule has 35 heavy (non-hydrogen) atoms. The maximum atomic E-state index is 13.2. The van der Waals surface area contributed by atoms with E-state index < -0.39 is 45.1 Å². The second-order valence-electron chi connectivity index (χ2n) is 7.31. The van der Waals surface area contributed by atoms with Gasteiger partial charge in [-0.2, -0.15) is 22.0 Å². The van der Waals surface area contributed by atoms with Crippen molar-refractivity contribution in [1.29, 1.82) is 0 Å². The SMILES string of the molecule is Cl.O=C(NO)C1(S(=O)(=O)c2ccc(-c3cnc(OCC(F)(F)C(F)(F)F)cn3)cc2)CCOCC1. The van der Waals surface area contributed by atoms with E-state index in [1.54, 1.807) is 0 Å². The monoisotopic (exact) mass is 547 g/mol. The van der Waals surface area contributed by atoms with E-state index >= 15 is 0 Å². The molecule has 0 atom stereocenters. The van der Waals surface area contributed by atoms with Crippen molar-refractivity contribution in [2.75, 3.05) is 19.8 Å². The topological polar surface area (TPSA) is 128 Å². The number of benzene rings is 1. The van der Waals surface area contributed by atoms with E-state index in [0.717, 1.165) is 12.4 Å². The number of hydroxylamine groups is 1. The van der Waals surface area contributed by atoms with Crippen LogP contribution in [0, 0.1) is 0 Å². The lowest BCUT2D eigenvalue weighted by Crippen LogP contribution is -2.54. The van der Waals surface area contributed by atoms with Gasteiger partial charge in [-0.05, 0) is 25.0 Å². The molecule has 0 aliphatic carbocycles. The maximum Gasteiger partial charge on any atom is 0.456 e. The minimum atomic E-state index is -5.77. The first-order chi connectivity index (χ1) is 15.8. The molecule has 1 fully saturated rings. The molecule has 1 aromatic heterocycles. The van der Waals surface area contributed by atoms with Crippen molar-refractivity contribution < 1.29 is 49.8 Å². The minimum absolute atomic E-state index is 0. The summed E-state index contributed by atoms with van der Waals surface area (Å²) in [6, 6.07) is 5.11. The number of hydrogen-bond donors (Lipinski definition) is 2. The lowest BCUT2D eigenvalue weighted by Gasteiger charge is -2.34. The quantitative estimate of drug-likeness (QED) is 0.308. The molecule has 1 aromatic carbocycles. The summed E-state index contributed by atoms with van der Waals surface area (Å²) in [5.74, 6) is -6.70. The number of nitrogens with zero attached hydrogens (tertiary/aromatic N) is 2. The van der Waals surface area contributed by atoms with Gasteiger partial charge in [-0.15, -0.1) is 12.4 Å². The zero-order valence-electron chi connectivity index (χ0n) is 17.6. The van der Waals surface area contributed by atoms with Crippen LogP contribution in [0.15, 0.2) is 41.6 Å². The number of alkyl halides is 5. The fourth-order valence-electron chi connectivity index (χ4n) is 3.24. The van der Waals surface area contributed by atoms with Crippen LogP contribution < -0.4 is 10.2 Å². The van der Waals surface area contributed by atoms with Crippen molar-refractivity contribution in [3.05, 3.63) is 36.7 Å². The minimum Gasteiger partial charge on any atom is -0.470 e. The standard InChI is InChI=1S/C19H18F5N3O6S.ClH/c20-18(21,19(22,23)24)11-33-15-10-25-14(9-26-15)12-1-3-13(4-2-12)34(30,31)17(16(28)27-29)5-7-32-8-6-17;/h1-4,9-10,29H,5-8,11H2,(H,27,28);1H. The number of ether oxygens (including phenoxy) is 2. The van der Waals surface area contributed by atoms with Gasteiger partial charge in [0.2, 0.25) is 5.88 Å². The van der Waals surface area contributed by atoms with Crippen LogP contribution in [0.2, 0.25) is 0 Å². The average molecular weight is 548 g/mol. The first-order valence-corrected chi connectivity index (χ1v) is 11.1. The molecule has 194 valence electrons. The summed E-state index contributed by atoms with van der Waals surface area (Å²) >= 11 is 0. The Kier molecular flexibility index (Phi) is 8.63. The highest BCUT2D eigenvalue weighted by Crippen LogP contribution is 2.37. The number of rotatable bonds is 7. The van der Waals surface area contributed by atoms with Crippen LogP contribution in [0.3, 0.4) is 0 Å². The number of nitrogens with one attached hydrogen (secondary N) is 1. The van der Waals surface area contributed by atoms with Gasteiger partial charge in [0.05, 0.1) is 23.0 Å².